The second-order valence-electron chi connectivity index (χ2n) is 2.64. The highest BCUT2D eigenvalue weighted by molar-refractivity contribution is 5.83. The summed E-state index contributed by atoms with van der Waals surface area (Å²) in [6, 6.07) is 7.76. The van der Waals surface area contributed by atoms with E-state index < -0.39 is 0 Å². The molecule has 0 unspecified atom stereocenters. The average Bonchev–Trinajstić information content (AvgIpc) is 2.25. The van der Waals surface area contributed by atoms with Crippen LogP contribution in [0.4, 0.5) is 0 Å². The Hall–Kier alpha value is -1.75. The van der Waals surface area contributed by atoms with Gasteiger partial charge in [0.05, 0.1) is 13.7 Å². The summed E-state index contributed by atoms with van der Waals surface area (Å²) in [6.45, 7) is 2.34. The van der Waals surface area contributed by atoms with Gasteiger partial charge in [0.25, 0.3) is 0 Å². The molecule has 0 heterocycles. The molecule has 0 radical (unpaired) electrons. The van der Waals surface area contributed by atoms with E-state index in [0.717, 1.165) is 11.3 Å². The molecule has 0 aliphatic heterocycles. The predicted molar refractivity (Wildman–Crippen MR) is 58.9 cm³/mol. The Morgan fingerprint density at radius 1 is 1.43 bits per heavy atom. The molecule has 2 heteroatoms. The van der Waals surface area contributed by atoms with Crippen molar-refractivity contribution in [3.63, 3.8) is 0 Å². The smallest absolute Gasteiger partial charge is 0.127 e. The van der Waals surface area contributed by atoms with Crippen LogP contribution < -0.4 is 4.74 Å². The van der Waals surface area contributed by atoms with Crippen molar-refractivity contribution in [2.75, 3.05) is 13.7 Å². The fraction of sp³-hybridized carbons (Fsp3) is 0.250. The Kier molecular flexibility index (Phi) is 4.30. The van der Waals surface area contributed by atoms with Crippen LogP contribution >= 0.6 is 0 Å². The molecule has 0 aromatic heterocycles. The van der Waals surface area contributed by atoms with Gasteiger partial charge in [-0.05, 0) is 19.1 Å². The molecule has 72 valence electrons. The fourth-order valence-corrected chi connectivity index (χ4v) is 1.04. The number of para-hydroxylation sites is 1. The highest BCUT2D eigenvalue weighted by Crippen LogP contribution is 2.14. The van der Waals surface area contributed by atoms with E-state index in [1.165, 1.54) is 0 Å². The molecule has 0 spiro atoms. The summed E-state index contributed by atoms with van der Waals surface area (Å²) in [6.07, 6.45) is 1.78. The lowest BCUT2D eigenvalue weighted by Gasteiger charge is -2.01. The molecule has 0 aliphatic carbocycles. The zero-order valence-electron chi connectivity index (χ0n) is 8.45. The van der Waals surface area contributed by atoms with Gasteiger partial charge < -0.3 is 4.74 Å². The van der Waals surface area contributed by atoms with E-state index in [-0.39, 0.29) is 0 Å². The molecule has 0 fully saturated rings. The van der Waals surface area contributed by atoms with E-state index in [9.17, 15) is 0 Å². The molecule has 0 saturated carbocycles. The van der Waals surface area contributed by atoms with Crippen LogP contribution in [0.3, 0.4) is 0 Å². The van der Waals surface area contributed by atoms with Crippen molar-refractivity contribution in [1.82, 2.24) is 0 Å². The van der Waals surface area contributed by atoms with Crippen LogP contribution in [0.5, 0.6) is 5.75 Å². The molecule has 14 heavy (non-hydrogen) atoms. The van der Waals surface area contributed by atoms with Gasteiger partial charge in [0, 0.05) is 11.8 Å². The summed E-state index contributed by atoms with van der Waals surface area (Å²) >= 11 is 0. The molecule has 1 aromatic carbocycles. The van der Waals surface area contributed by atoms with Gasteiger partial charge in [0.2, 0.25) is 0 Å². The van der Waals surface area contributed by atoms with Crippen molar-refractivity contribution < 1.29 is 4.74 Å². The zero-order chi connectivity index (χ0) is 10.2. The van der Waals surface area contributed by atoms with E-state index in [2.05, 4.69) is 16.8 Å². The van der Waals surface area contributed by atoms with E-state index in [0.29, 0.717) is 6.54 Å². The first-order valence-corrected chi connectivity index (χ1v) is 4.41. The van der Waals surface area contributed by atoms with Crippen molar-refractivity contribution in [3.05, 3.63) is 29.8 Å². The van der Waals surface area contributed by atoms with Crippen molar-refractivity contribution >= 4 is 6.21 Å². The lowest BCUT2D eigenvalue weighted by atomic mass is 10.2. The minimum atomic E-state index is 0.536. The van der Waals surface area contributed by atoms with Gasteiger partial charge in [0.15, 0.2) is 0 Å². The summed E-state index contributed by atoms with van der Waals surface area (Å²) in [7, 11) is 1.65. The normalized spacial score (nSPS) is 9.57. The average molecular weight is 187 g/mol. The molecular weight excluding hydrogens is 174 g/mol. The highest BCUT2D eigenvalue weighted by Gasteiger charge is 1.95. The van der Waals surface area contributed by atoms with Crippen LogP contribution in [0.2, 0.25) is 0 Å². The number of nitrogens with zero attached hydrogens (tertiary/aromatic N) is 1. The van der Waals surface area contributed by atoms with Crippen LogP contribution in [0, 0.1) is 11.8 Å². The first-order valence-electron chi connectivity index (χ1n) is 4.41. The molecule has 0 saturated heterocycles. The number of methoxy groups -OCH3 is 1. The van der Waals surface area contributed by atoms with Gasteiger partial charge in [-0.1, -0.05) is 18.1 Å². The maximum absolute atomic E-state index is 5.18. The first kappa shape index (κ1) is 10.3. The molecule has 0 N–H and O–H groups in total. The standard InChI is InChI=1S/C12H13NO/c1-3-4-9-13-10-11-7-5-6-8-12(11)14-2/h5-8,10H,9H2,1-2H3. The third-order valence-electron chi connectivity index (χ3n) is 1.72. The van der Waals surface area contributed by atoms with Gasteiger partial charge >= 0.3 is 0 Å². The second-order valence-corrected chi connectivity index (χ2v) is 2.64. The molecular formula is C12H13NO. The lowest BCUT2D eigenvalue weighted by molar-refractivity contribution is 0.414. The Bertz CT molecular complexity index is 371. The molecule has 1 aromatic rings. The van der Waals surface area contributed by atoms with E-state index in [1.807, 2.05) is 24.3 Å². The number of rotatable bonds is 3. The van der Waals surface area contributed by atoms with Gasteiger partial charge in [-0.15, -0.1) is 5.92 Å². The minimum Gasteiger partial charge on any atom is -0.496 e. The molecule has 1 rings (SSSR count). The van der Waals surface area contributed by atoms with Crippen LogP contribution in [-0.4, -0.2) is 19.9 Å². The number of ether oxygens (including phenoxy) is 1. The van der Waals surface area contributed by atoms with Gasteiger partial charge in [0.1, 0.15) is 5.75 Å². The SMILES string of the molecule is CC#CCN=Cc1ccccc1OC. The molecule has 0 amide bonds. The van der Waals surface area contributed by atoms with Crippen LogP contribution in [0.25, 0.3) is 0 Å². The van der Waals surface area contributed by atoms with Gasteiger partial charge in [-0.25, -0.2) is 0 Å². The minimum absolute atomic E-state index is 0.536. The maximum Gasteiger partial charge on any atom is 0.127 e. The van der Waals surface area contributed by atoms with Crippen LogP contribution in [0.1, 0.15) is 12.5 Å². The van der Waals surface area contributed by atoms with Crippen LogP contribution in [0.15, 0.2) is 29.3 Å². The van der Waals surface area contributed by atoms with E-state index in [4.69, 9.17) is 4.74 Å². The zero-order valence-corrected chi connectivity index (χ0v) is 8.45. The molecule has 0 bridgehead atoms. The van der Waals surface area contributed by atoms with Gasteiger partial charge in [-0.2, -0.15) is 0 Å². The fourth-order valence-electron chi connectivity index (χ4n) is 1.04. The van der Waals surface area contributed by atoms with Crippen molar-refractivity contribution in [1.29, 1.82) is 0 Å². The monoisotopic (exact) mass is 187 g/mol. The van der Waals surface area contributed by atoms with Gasteiger partial charge in [-0.3, -0.25) is 4.99 Å². The summed E-state index contributed by atoms with van der Waals surface area (Å²) in [5, 5.41) is 0. The quantitative estimate of drug-likeness (QED) is 0.524. The molecule has 0 aliphatic rings. The third-order valence-corrected chi connectivity index (χ3v) is 1.72. The molecule has 0 atom stereocenters. The van der Waals surface area contributed by atoms with E-state index in [1.54, 1.807) is 20.2 Å². The summed E-state index contributed by atoms with van der Waals surface area (Å²) in [4.78, 5) is 4.16. The third kappa shape index (κ3) is 2.95. The lowest BCUT2D eigenvalue weighted by Crippen LogP contribution is -1.90. The predicted octanol–water partition coefficient (Wildman–Crippen LogP) is 2.14. The number of hydrogen-bond donors (Lipinski definition) is 0. The topological polar surface area (TPSA) is 21.6 Å². The summed E-state index contributed by atoms with van der Waals surface area (Å²) in [5.74, 6) is 6.49. The number of benzene rings is 1. The Balaban J connectivity index is 2.73. The Morgan fingerprint density at radius 2 is 2.21 bits per heavy atom. The number of aliphatic imine (C=N–C) groups is 1. The summed E-state index contributed by atoms with van der Waals surface area (Å²) in [5.41, 5.74) is 0.980. The Labute approximate surface area is 84.6 Å². The largest absolute Gasteiger partial charge is 0.496 e. The van der Waals surface area contributed by atoms with Crippen molar-refractivity contribution in [2.45, 2.75) is 6.92 Å². The van der Waals surface area contributed by atoms with E-state index >= 15 is 0 Å². The van der Waals surface area contributed by atoms with Crippen molar-refractivity contribution in [2.24, 2.45) is 4.99 Å². The first-order chi connectivity index (χ1) is 6.88. The van der Waals surface area contributed by atoms with Crippen molar-refractivity contribution in [3.8, 4) is 17.6 Å². The second kappa shape index (κ2) is 5.82. The molecule has 2 nitrogen and oxygen atoms in total. The van der Waals surface area contributed by atoms with Crippen LogP contribution in [-0.2, 0) is 0 Å². The number of hydrogen-bond acceptors (Lipinski definition) is 2. The maximum atomic E-state index is 5.18. The highest BCUT2D eigenvalue weighted by atomic mass is 16.5. The Morgan fingerprint density at radius 3 is 2.93 bits per heavy atom. The summed E-state index contributed by atoms with van der Waals surface area (Å²) < 4.78 is 5.18.